The van der Waals surface area contributed by atoms with Crippen molar-refractivity contribution in [3.05, 3.63) is 23.5 Å². The average molecular weight is 365 g/mol. The molecule has 0 aliphatic heterocycles. The van der Waals surface area contributed by atoms with Crippen molar-refractivity contribution < 1.29 is 19.5 Å². The van der Waals surface area contributed by atoms with E-state index in [2.05, 4.69) is 15.4 Å². The number of amides is 2. The lowest BCUT2D eigenvalue weighted by molar-refractivity contribution is -0.141. The summed E-state index contributed by atoms with van der Waals surface area (Å²) in [6.45, 7) is 3.01. The van der Waals surface area contributed by atoms with Crippen LogP contribution in [0.4, 0.5) is 0 Å². The summed E-state index contributed by atoms with van der Waals surface area (Å²) >= 11 is 1.28. The summed E-state index contributed by atoms with van der Waals surface area (Å²) in [5.74, 6) is -1.87. The minimum absolute atomic E-state index is 0.0750. The normalized spacial score (nSPS) is 11.8. The van der Waals surface area contributed by atoms with Crippen LogP contribution < -0.4 is 5.32 Å². The number of hydrogen-bond donors (Lipinski definition) is 2. The lowest BCUT2D eigenvalue weighted by Gasteiger charge is -2.25. The molecule has 2 rings (SSSR count). The van der Waals surface area contributed by atoms with Crippen molar-refractivity contribution in [1.82, 2.24) is 25.0 Å². The van der Waals surface area contributed by atoms with Crippen LogP contribution in [0, 0.1) is 0 Å². The van der Waals surface area contributed by atoms with Gasteiger partial charge in [-0.2, -0.15) is 5.10 Å². The number of aromatic nitrogens is 3. The highest BCUT2D eigenvalue weighted by atomic mass is 32.1. The maximum absolute atomic E-state index is 12.7. The van der Waals surface area contributed by atoms with E-state index in [1.54, 1.807) is 29.5 Å². The first-order valence-corrected chi connectivity index (χ1v) is 8.40. The minimum atomic E-state index is -1.13. The predicted octanol–water partition coefficient (Wildman–Crippen LogP) is 0.595. The van der Waals surface area contributed by atoms with E-state index in [4.69, 9.17) is 0 Å². The second-order valence-electron chi connectivity index (χ2n) is 5.44. The van der Waals surface area contributed by atoms with Gasteiger partial charge < -0.3 is 15.3 Å². The Morgan fingerprint density at radius 3 is 2.72 bits per heavy atom. The van der Waals surface area contributed by atoms with E-state index >= 15 is 0 Å². The van der Waals surface area contributed by atoms with E-state index in [1.807, 2.05) is 0 Å². The zero-order valence-electron chi connectivity index (χ0n) is 14.1. The van der Waals surface area contributed by atoms with Gasteiger partial charge in [-0.15, -0.1) is 11.3 Å². The zero-order valence-corrected chi connectivity index (χ0v) is 14.9. The van der Waals surface area contributed by atoms with Crippen LogP contribution in [-0.4, -0.2) is 61.7 Å². The largest absolute Gasteiger partial charge is 0.480 e. The quantitative estimate of drug-likeness (QED) is 0.742. The molecule has 2 heterocycles. The number of rotatable bonds is 7. The van der Waals surface area contributed by atoms with Crippen LogP contribution in [0.25, 0.3) is 10.6 Å². The number of carbonyl (C=O) groups excluding carboxylic acids is 2. The maximum Gasteiger partial charge on any atom is 0.326 e. The van der Waals surface area contributed by atoms with Crippen LogP contribution in [0.2, 0.25) is 0 Å². The third-order valence-electron chi connectivity index (χ3n) is 3.49. The third kappa shape index (κ3) is 4.63. The lowest BCUT2D eigenvalue weighted by Crippen LogP contribution is -2.46. The Balaban J connectivity index is 2.18. The number of thiazole rings is 1. The Morgan fingerprint density at radius 2 is 2.16 bits per heavy atom. The van der Waals surface area contributed by atoms with Crippen molar-refractivity contribution in [3.8, 4) is 10.6 Å². The van der Waals surface area contributed by atoms with E-state index in [-0.39, 0.29) is 24.7 Å². The molecule has 0 aliphatic carbocycles. The fourth-order valence-corrected chi connectivity index (χ4v) is 2.91. The molecular formula is C15H19N5O4S. The monoisotopic (exact) mass is 365 g/mol. The Morgan fingerprint density at radius 1 is 1.44 bits per heavy atom. The first-order valence-electron chi connectivity index (χ1n) is 7.52. The molecule has 0 aromatic carbocycles. The van der Waals surface area contributed by atoms with E-state index in [0.717, 1.165) is 5.56 Å². The standard InChI is InChI=1S/C15H19N5O4S/c1-9(15(23)24)20(5-4-16-10(2)21)14(22)12-8-25-13(18-12)11-6-17-19(3)7-11/h6-9H,4-5H2,1-3H3,(H,16,21)(H,23,24). The van der Waals surface area contributed by atoms with E-state index in [9.17, 15) is 19.5 Å². The number of aliphatic carboxylic acids is 1. The summed E-state index contributed by atoms with van der Waals surface area (Å²) in [6, 6.07) is -1.04. The lowest BCUT2D eigenvalue weighted by atomic mass is 10.2. The van der Waals surface area contributed by atoms with Gasteiger partial charge in [0.1, 0.15) is 16.7 Å². The van der Waals surface area contributed by atoms with Crippen molar-refractivity contribution in [2.75, 3.05) is 13.1 Å². The van der Waals surface area contributed by atoms with Gasteiger partial charge in [-0.1, -0.05) is 0 Å². The Hall–Kier alpha value is -2.75. The highest BCUT2D eigenvalue weighted by Gasteiger charge is 2.28. The predicted molar refractivity (Wildman–Crippen MR) is 91.1 cm³/mol. The summed E-state index contributed by atoms with van der Waals surface area (Å²) in [5.41, 5.74) is 0.947. The molecule has 0 fully saturated rings. The molecule has 2 amide bonds. The highest BCUT2D eigenvalue weighted by Crippen LogP contribution is 2.23. The highest BCUT2D eigenvalue weighted by molar-refractivity contribution is 7.13. The van der Waals surface area contributed by atoms with Crippen LogP contribution in [0.15, 0.2) is 17.8 Å². The van der Waals surface area contributed by atoms with Gasteiger partial charge in [0.05, 0.1) is 6.20 Å². The summed E-state index contributed by atoms with van der Waals surface area (Å²) in [6.07, 6.45) is 3.42. The second kappa shape index (κ2) is 7.88. The SMILES string of the molecule is CC(=O)NCCN(C(=O)c1csc(-c2cnn(C)c2)n1)C(C)C(=O)O. The van der Waals surface area contributed by atoms with Crippen LogP contribution in [-0.2, 0) is 16.6 Å². The van der Waals surface area contributed by atoms with Crippen molar-refractivity contribution in [1.29, 1.82) is 0 Å². The molecule has 1 atom stereocenters. The Labute approximate surface area is 148 Å². The van der Waals surface area contributed by atoms with Crippen molar-refractivity contribution >= 4 is 29.1 Å². The van der Waals surface area contributed by atoms with Crippen LogP contribution in [0.5, 0.6) is 0 Å². The first kappa shape index (κ1) is 18.6. The number of carbonyl (C=O) groups is 3. The van der Waals surface area contributed by atoms with Gasteiger partial charge in [-0.3, -0.25) is 14.3 Å². The van der Waals surface area contributed by atoms with Crippen LogP contribution in [0.3, 0.4) is 0 Å². The van der Waals surface area contributed by atoms with Crippen molar-refractivity contribution in [3.63, 3.8) is 0 Å². The number of carboxylic acid groups (broad SMARTS) is 1. The topological polar surface area (TPSA) is 117 Å². The molecule has 2 N–H and O–H groups in total. The van der Waals surface area contributed by atoms with Gasteiger partial charge in [0, 0.05) is 44.2 Å². The third-order valence-corrected chi connectivity index (χ3v) is 4.38. The molecule has 2 aromatic rings. The van der Waals surface area contributed by atoms with E-state index < -0.39 is 17.9 Å². The molecule has 10 heteroatoms. The molecule has 0 aliphatic rings. The maximum atomic E-state index is 12.7. The summed E-state index contributed by atoms with van der Waals surface area (Å²) in [4.78, 5) is 40.4. The second-order valence-corrected chi connectivity index (χ2v) is 6.29. The molecule has 1 unspecified atom stereocenters. The van der Waals surface area contributed by atoms with Crippen LogP contribution >= 0.6 is 11.3 Å². The van der Waals surface area contributed by atoms with E-state index in [0.29, 0.717) is 5.01 Å². The molecular weight excluding hydrogens is 346 g/mol. The number of nitrogens with one attached hydrogen (secondary N) is 1. The molecule has 2 aromatic heterocycles. The van der Waals surface area contributed by atoms with Gasteiger partial charge in [-0.05, 0) is 6.92 Å². The molecule has 0 radical (unpaired) electrons. The molecule has 25 heavy (non-hydrogen) atoms. The fraction of sp³-hybridized carbons (Fsp3) is 0.400. The van der Waals surface area contributed by atoms with E-state index in [1.165, 1.54) is 30.1 Å². The Bertz CT molecular complexity index is 784. The fourth-order valence-electron chi connectivity index (χ4n) is 2.14. The molecule has 0 saturated carbocycles. The van der Waals surface area contributed by atoms with Gasteiger partial charge in [0.25, 0.3) is 5.91 Å². The van der Waals surface area contributed by atoms with Crippen molar-refractivity contribution in [2.45, 2.75) is 19.9 Å². The van der Waals surface area contributed by atoms with Crippen LogP contribution in [0.1, 0.15) is 24.3 Å². The first-order chi connectivity index (χ1) is 11.8. The molecule has 0 saturated heterocycles. The molecule has 0 bridgehead atoms. The minimum Gasteiger partial charge on any atom is -0.480 e. The summed E-state index contributed by atoms with van der Waals surface area (Å²) in [5, 5.41) is 18.1. The number of hydrogen-bond acceptors (Lipinski definition) is 6. The summed E-state index contributed by atoms with van der Waals surface area (Å²) < 4.78 is 1.63. The number of nitrogens with zero attached hydrogens (tertiary/aromatic N) is 4. The molecule has 134 valence electrons. The Kier molecular flexibility index (Phi) is 5.86. The van der Waals surface area contributed by atoms with Gasteiger partial charge in [0.2, 0.25) is 5.91 Å². The zero-order chi connectivity index (χ0) is 18.6. The van der Waals surface area contributed by atoms with Gasteiger partial charge in [0.15, 0.2) is 0 Å². The molecule has 0 spiro atoms. The van der Waals surface area contributed by atoms with Gasteiger partial charge in [-0.25, -0.2) is 9.78 Å². The molecule has 9 nitrogen and oxygen atoms in total. The average Bonchev–Trinajstić information content (AvgIpc) is 3.18. The summed E-state index contributed by atoms with van der Waals surface area (Å²) in [7, 11) is 1.78. The smallest absolute Gasteiger partial charge is 0.326 e. The number of aryl methyl sites for hydroxylation is 1. The van der Waals surface area contributed by atoms with Gasteiger partial charge >= 0.3 is 5.97 Å². The number of carboxylic acids is 1. The van der Waals surface area contributed by atoms with Crippen molar-refractivity contribution in [2.24, 2.45) is 7.05 Å².